The van der Waals surface area contributed by atoms with Gasteiger partial charge in [0.1, 0.15) is 0 Å². The van der Waals surface area contributed by atoms with E-state index in [9.17, 15) is 9.67 Å². The van der Waals surface area contributed by atoms with Crippen LogP contribution in [0.2, 0.25) is 0 Å². The van der Waals surface area contributed by atoms with E-state index in [4.69, 9.17) is 4.52 Å². The summed E-state index contributed by atoms with van der Waals surface area (Å²) in [6, 6.07) is 20.2. The summed E-state index contributed by atoms with van der Waals surface area (Å²) in [5.41, 5.74) is 2.34. The second-order valence-electron chi connectivity index (χ2n) is 7.19. The minimum atomic E-state index is -2.13. The zero-order valence-electron chi connectivity index (χ0n) is 16.5. The van der Waals surface area contributed by atoms with Crippen LogP contribution in [0, 0.1) is 5.92 Å². The lowest BCUT2D eigenvalue weighted by Crippen LogP contribution is -2.42. The normalized spacial score (nSPS) is 14.4. The molecule has 146 valence electrons. The van der Waals surface area contributed by atoms with Crippen LogP contribution < -0.4 is 0 Å². The molecule has 5 heteroatoms. The third-order valence-electron chi connectivity index (χ3n) is 4.46. The average Bonchev–Trinajstić information content (AvgIpc) is 2.67. The molecule has 0 heterocycles. The Morgan fingerprint density at radius 3 is 1.85 bits per heavy atom. The van der Waals surface area contributed by atoms with E-state index in [0.29, 0.717) is 25.6 Å². The molecular formula is C22H31NO3P+. The highest BCUT2D eigenvalue weighted by atomic mass is 31.1. The van der Waals surface area contributed by atoms with Gasteiger partial charge in [0.2, 0.25) is 0 Å². The van der Waals surface area contributed by atoms with Crippen molar-refractivity contribution in [2.75, 3.05) is 6.61 Å². The average molecular weight is 388 g/mol. The summed E-state index contributed by atoms with van der Waals surface area (Å²) in [5, 5.41) is 10.8. The third kappa shape index (κ3) is 7.15. The molecule has 0 aliphatic carbocycles. The van der Waals surface area contributed by atoms with E-state index in [2.05, 4.69) is 43.0 Å². The molecular weight excluding hydrogens is 357 g/mol. The van der Waals surface area contributed by atoms with Gasteiger partial charge in [0.05, 0.1) is 12.6 Å². The molecule has 0 spiro atoms. The summed E-state index contributed by atoms with van der Waals surface area (Å²) in [5.74, 6) is -0.654. The second-order valence-corrected chi connectivity index (χ2v) is 8.55. The maximum absolute atomic E-state index is 12.4. The van der Waals surface area contributed by atoms with Crippen molar-refractivity contribution < 1.29 is 14.2 Å². The van der Waals surface area contributed by atoms with E-state index in [-0.39, 0.29) is 6.04 Å². The lowest BCUT2D eigenvalue weighted by molar-refractivity contribution is 0.0642. The van der Waals surface area contributed by atoms with E-state index < -0.39 is 13.9 Å². The Kier molecular flexibility index (Phi) is 9.09. The molecule has 3 atom stereocenters. The fourth-order valence-electron chi connectivity index (χ4n) is 3.21. The van der Waals surface area contributed by atoms with Gasteiger partial charge in [-0.25, -0.2) is 0 Å². The molecule has 0 fully saturated rings. The minimum Gasteiger partial charge on any atom is -0.347 e. The first kappa shape index (κ1) is 21.7. The zero-order valence-corrected chi connectivity index (χ0v) is 17.4. The Labute approximate surface area is 164 Å². The number of nitrogens with zero attached hydrogens (tertiary/aromatic N) is 1. The molecule has 0 radical (unpaired) electrons. The van der Waals surface area contributed by atoms with E-state index in [0.717, 1.165) is 6.42 Å². The van der Waals surface area contributed by atoms with Crippen LogP contribution in [0.4, 0.5) is 0 Å². The highest BCUT2D eigenvalue weighted by Gasteiger charge is 2.41. The predicted octanol–water partition coefficient (Wildman–Crippen LogP) is 5.20. The monoisotopic (exact) mass is 388 g/mol. The topological polar surface area (TPSA) is 49.8 Å². The van der Waals surface area contributed by atoms with Gasteiger partial charge in [-0.3, -0.25) is 4.90 Å². The van der Waals surface area contributed by atoms with Gasteiger partial charge in [-0.15, -0.1) is 4.52 Å². The molecule has 2 aromatic rings. The third-order valence-corrected chi connectivity index (χ3v) is 5.74. The van der Waals surface area contributed by atoms with Gasteiger partial charge in [0, 0.05) is 13.1 Å². The number of hydrogen-bond acceptors (Lipinski definition) is 4. The van der Waals surface area contributed by atoms with Crippen LogP contribution in [-0.2, 0) is 22.2 Å². The van der Waals surface area contributed by atoms with Crippen LogP contribution in [-0.4, -0.2) is 28.5 Å². The smallest absolute Gasteiger partial charge is 0.347 e. The molecule has 0 saturated carbocycles. The van der Waals surface area contributed by atoms with Crippen LogP contribution in [0.1, 0.15) is 38.3 Å². The van der Waals surface area contributed by atoms with E-state index in [1.165, 1.54) is 11.1 Å². The molecule has 0 bridgehead atoms. The summed E-state index contributed by atoms with van der Waals surface area (Å²) < 4.78 is 17.7. The van der Waals surface area contributed by atoms with Crippen molar-refractivity contribution in [3.8, 4) is 0 Å². The summed E-state index contributed by atoms with van der Waals surface area (Å²) >= 11 is 0. The molecule has 2 aromatic carbocycles. The molecule has 1 unspecified atom stereocenters. The molecule has 1 N–H and O–H groups in total. The first-order chi connectivity index (χ1) is 13.0. The Balaban J connectivity index is 2.30. The molecule has 0 aliphatic rings. The van der Waals surface area contributed by atoms with Gasteiger partial charge in [-0.1, -0.05) is 74.5 Å². The quantitative estimate of drug-likeness (QED) is 0.538. The minimum absolute atomic E-state index is 0.249. The summed E-state index contributed by atoms with van der Waals surface area (Å²) in [7, 11) is -2.13. The lowest BCUT2D eigenvalue weighted by atomic mass is 10.0. The molecule has 4 nitrogen and oxygen atoms in total. The van der Waals surface area contributed by atoms with Gasteiger partial charge in [-0.05, 0) is 35.0 Å². The second kappa shape index (κ2) is 11.3. The SMILES string of the molecule is CCO[P+](=O)[C@@H](O)[C@H](CC(C)C)N(Cc1ccccc1)Cc1ccccc1. The van der Waals surface area contributed by atoms with Crippen molar-refractivity contribution in [2.24, 2.45) is 5.92 Å². The van der Waals surface area contributed by atoms with Crippen molar-refractivity contribution in [3.63, 3.8) is 0 Å². The first-order valence-corrected chi connectivity index (χ1v) is 10.8. The van der Waals surface area contributed by atoms with Gasteiger partial charge in [0.25, 0.3) is 0 Å². The van der Waals surface area contributed by atoms with Crippen LogP contribution in [0.5, 0.6) is 0 Å². The number of rotatable bonds is 11. The highest BCUT2D eigenvalue weighted by Crippen LogP contribution is 2.35. The first-order valence-electron chi connectivity index (χ1n) is 9.60. The van der Waals surface area contributed by atoms with Crippen molar-refractivity contribution in [1.82, 2.24) is 4.90 Å². The van der Waals surface area contributed by atoms with Crippen LogP contribution >= 0.6 is 8.03 Å². The van der Waals surface area contributed by atoms with Crippen molar-refractivity contribution in [2.45, 2.75) is 52.2 Å². The standard InChI is InChI=1S/C22H31NO3P/c1-4-26-27(25)22(24)21(15-18(2)3)23(16-19-11-7-5-8-12-19)17-20-13-9-6-10-14-20/h5-14,18,21-22,24H,4,15-17H2,1-3H3/q+1/t21-,22+/m0/s1. The van der Waals surface area contributed by atoms with Gasteiger partial charge < -0.3 is 5.11 Å². The molecule has 27 heavy (non-hydrogen) atoms. The Morgan fingerprint density at radius 1 is 0.963 bits per heavy atom. The summed E-state index contributed by atoms with van der Waals surface area (Å²) in [6.45, 7) is 7.73. The largest absolute Gasteiger partial charge is 0.541 e. The molecule has 0 aromatic heterocycles. The zero-order chi connectivity index (χ0) is 19.6. The Morgan fingerprint density at radius 2 is 1.44 bits per heavy atom. The molecule has 0 amide bonds. The van der Waals surface area contributed by atoms with Crippen LogP contribution in [0.15, 0.2) is 60.7 Å². The van der Waals surface area contributed by atoms with Gasteiger partial charge in [-0.2, -0.15) is 0 Å². The van der Waals surface area contributed by atoms with E-state index in [1.807, 2.05) is 36.4 Å². The van der Waals surface area contributed by atoms with Crippen LogP contribution in [0.3, 0.4) is 0 Å². The summed E-state index contributed by atoms with van der Waals surface area (Å²) in [6.07, 6.45) is 0.745. The predicted molar refractivity (Wildman–Crippen MR) is 111 cm³/mol. The molecule has 0 saturated heterocycles. The van der Waals surface area contributed by atoms with Crippen molar-refractivity contribution in [1.29, 1.82) is 0 Å². The van der Waals surface area contributed by atoms with Gasteiger partial charge >= 0.3 is 13.9 Å². The van der Waals surface area contributed by atoms with E-state index >= 15 is 0 Å². The van der Waals surface area contributed by atoms with Gasteiger partial charge in [0.15, 0.2) is 0 Å². The number of aliphatic hydroxyl groups excluding tert-OH is 1. The van der Waals surface area contributed by atoms with E-state index in [1.54, 1.807) is 6.92 Å². The summed E-state index contributed by atoms with van der Waals surface area (Å²) in [4.78, 5) is 2.22. The maximum atomic E-state index is 12.4. The Bertz CT molecular complexity index is 637. The van der Waals surface area contributed by atoms with Crippen LogP contribution in [0.25, 0.3) is 0 Å². The number of benzene rings is 2. The molecule has 2 rings (SSSR count). The van der Waals surface area contributed by atoms with Crippen molar-refractivity contribution >= 4 is 8.03 Å². The number of aliphatic hydroxyl groups is 1. The maximum Gasteiger partial charge on any atom is 0.541 e. The fraction of sp³-hybridized carbons (Fsp3) is 0.455. The lowest BCUT2D eigenvalue weighted by Gasteiger charge is -2.32. The molecule has 0 aliphatic heterocycles. The number of hydrogen-bond donors (Lipinski definition) is 1. The fourth-order valence-corrected chi connectivity index (χ4v) is 4.21. The Hall–Kier alpha value is -1.58. The highest BCUT2D eigenvalue weighted by molar-refractivity contribution is 7.39. The van der Waals surface area contributed by atoms with Crippen molar-refractivity contribution in [3.05, 3.63) is 71.8 Å².